The van der Waals surface area contributed by atoms with Crippen molar-refractivity contribution in [1.82, 2.24) is 0 Å². The summed E-state index contributed by atoms with van der Waals surface area (Å²) in [4.78, 5) is 0. The summed E-state index contributed by atoms with van der Waals surface area (Å²) in [6, 6.07) is 8.14. The smallest absolute Gasteiger partial charge is 0.123 e. The Morgan fingerprint density at radius 3 is 2.89 bits per heavy atom. The van der Waals surface area contributed by atoms with Crippen LogP contribution in [0.3, 0.4) is 0 Å². The zero-order chi connectivity index (χ0) is 13.2. The number of hydrogen-bond donors (Lipinski definition) is 2. The minimum Gasteiger partial charge on any atom is -0.493 e. The first-order valence-corrected chi connectivity index (χ1v) is 6.75. The summed E-state index contributed by atoms with van der Waals surface area (Å²) in [5.74, 6) is 1.24. The van der Waals surface area contributed by atoms with Gasteiger partial charge in [0, 0.05) is 29.5 Å². The second-order valence-electron chi connectivity index (χ2n) is 5.24. The van der Waals surface area contributed by atoms with E-state index < -0.39 is 0 Å². The van der Waals surface area contributed by atoms with Gasteiger partial charge >= 0.3 is 0 Å². The third-order valence-electron chi connectivity index (χ3n) is 4.38. The van der Waals surface area contributed by atoms with Crippen LogP contribution in [0.2, 0.25) is 0 Å². The van der Waals surface area contributed by atoms with Gasteiger partial charge in [-0.25, -0.2) is 0 Å². The number of aliphatic hydroxyl groups is 1. The molecule has 0 bridgehead atoms. The zero-order valence-corrected chi connectivity index (χ0v) is 11.2. The van der Waals surface area contributed by atoms with E-state index in [1.165, 1.54) is 0 Å². The highest BCUT2D eigenvalue weighted by molar-refractivity contribution is 5.43. The number of nitrogens with two attached hydrogens (primary N) is 1. The fourth-order valence-electron chi connectivity index (χ4n) is 3.29. The predicted molar refractivity (Wildman–Crippen MR) is 72.7 cm³/mol. The van der Waals surface area contributed by atoms with Gasteiger partial charge in [0.25, 0.3) is 0 Å². The normalized spacial score (nSPS) is 28.3. The van der Waals surface area contributed by atoms with Crippen LogP contribution in [-0.4, -0.2) is 24.4 Å². The summed E-state index contributed by atoms with van der Waals surface area (Å²) in [5, 5.41) is 9.48. The minimum atomic E-state index is -0.168. The molecule has 1 heterocycles. The summed E-state index contributed by atoms with van der Waals surface area (Å²) >= 11 is 0. The molecule has 0 radical (unpaired) electrons. The Morgan fingerprint density at radius 1 is 1.50 bits per heavy atom. The highest BCUT2D eigenvalue weighted by atomic mass is 16.5. The molecule has 1 aliphatic heterocycles. The lowest BCUT2D eigenvalue weighted by Gasteiger charge is -2.47. The van der Waals surface area contributed by atoms with Gasteiger partial charge in [-0.05, 0) is 18.9 Å². The molecule has 1 aliphatic rings. The lowest BCUT2D eigenvalue weighted by atomic mass is 9.62. The molecular formula is C15H23NO2. The van der Waals surface area contributed by atoms with Gasteiger partial charge in [0.15, 0.2) is 0 Å². The molecule has 0 amide bonds. The summed E-state index contributed by atoms with van der Waals surface area (Å²) in [6.07, 6.45) is 1.60. The van der Waals surface area contributed by atoms with Crippen molar-refractivity contribution in [2.24, 2.45) is 11.7 Å². The Hall–Kier alpha value is -1.06. The number of fused-ring (bicyclic) bond motifs is 1. The van der Waals surface area contributed by atoms with Crippen LogP contribution in [0, 0.1) is 5.92 Å². The average Bonchev–Trinajstić information content (AvgIpc) is 2.41. The van der Waals surface area contributed by atoms with Crippen molar-refractivity contribution in [3.8, 4) is 5.75 Å². The maximum atomic E-state index is 9.48. The lowest BCUT2D eigenvalue weighted by molar-refractivity contribution is 0.0902. The molecule has 0 aliphatic carbocycles. The highest BCUT2D eigenvalue weighted by Crippen LogP contribution is 2.46. The number of rotatable bonds is 4. The molecule has 0 saturated carbocycles. The van der Waals surface area contributed by atoms with Crippen molar-refractivity contribution in [1.29, 1.82) is 0 Å². The summed E-state index contributed by atoms with van der Waals surface area (Å²) in [6.45, 7) is 5.10. The second-order valence-corrected chi connectivity index (χ2v) is 5.24. The number of ether oxygens (including phenoxy) is 1. The van der Waals surface area contributed by atoms with E-state index in [1.807, 2.05) is 18.2 Å². The van der Waals surface area contributed by atoms with Gasteiger partial charge in [0.05, 0.1) is 6.61 Å². The summed E-state index contributed by atoms with van der Waals surface area (Å²) in [7, 11) is 0. The van der Waals surface area contributed by atoms with Gasteiger partial charge in [-0.2, -0.15) is 0 Å². The number of aliphatic hydroxyl groups excluding tert-OH is 1. The first-order valence-electron chi connectivity index (χ1n) is 6.75. The maximum Gasteiger partial charge on any atom is 0.123 e. The number of para-hydroxylation sites is 1. The highest BCUT2D eigenvalue weighted by Gasteiger charge is 2.46. The molecule has 3 unspecified atom stereocenters. The molecule has 1 aromatic rings. The lowest BCUT2D eigenvalue weighted by Crippen LogP contribution is -2.53. The molecule has 2 rings (SSSR count). The fourth-order valence-corrected chi connectivity index (χ4v) is 3.29. The molecule has 3 atom stereocenters. The standard InChI is InChI=1S/C15H23NO2/c1-3-14(16)15(8-9-17)11(2)10-18-13-7-5-4-6-12(13)15/h4-7,11,14,17H,3,8-10,16H2,1-2H3. The Morgan fingerprint density at radius 2 is 2.22 bits per heavy atom. The van der Waals surface area contributed by atoms with Crippen LogP contribution in [-0.2, 0) is 5.41 Å². The Labute approximate surface area is 109 Å². The molecular weight excluding hydrogens is 226 g/mol. The van der Waals surface area contributed by atoms with E-state index >= 15 is 0 Å². The second kappa shape index (κ2) is 5.29. The Balaban J connectivity index is 2.55. The van der Waals surface area contributed by atoms with Crippen molar-refractivity contribution in [3.63, 3.8) is 0 Å². The minimum absolute atomic E-state index is 0.0460. The predicted octanol–water partition coefficient (Wildman–Crippen LogP) is 2.07. The fraction of sp³-hybridized carbons (Fsp3) is 0.600. The maximum absolute atomic E-state index is 9.48. The van der Waals surface area contributed by atoms with Crippen LogP contribution >= 0.6 is 0 Å². The first kappa shape index (κ1) is 13.4. The quantitative estimate of drug-likeness (QED) is 0.859. The number of hydrogen-bond acceptors (Lipinski definition) is 3. The van der Waals surface area contributed by atoms with Crippen molar-refractivity contribution in [2.75, 3.05) is 13.2 Å². The van der Waals surface area contributed by atoms with Gasteiger partial charge in [-0.3, -0.25) is 0 Å². The monoisotopic (exact) mass is 249 g/mol. The van der Waals surface area contributed by atoms with Crippen LogP contribution in [0.4, 0.5) is 0 Å². The first-order chi connectivity index (χ1) is 8.66. The molecule has 3 heteroatoms. The van der Waals surface area contributed by atoms with Gasteiger partial charge in [-0.1, -0.05) is 32.0 Å². The van der Waals surface area contributed by atoms with Crippen molar-refractivity contribution < 1.29 is 9.84 Å². The van der Waals surface area contributed by atoms with Gasteiger partial charge in [0.1, 0.15) is 5.75 Å². The van der Waals surface area contributed by atoms with E-state index in [-0.39, 0.29) is 18.1 Å². The molecule has 1 aromatic carbocycles. The van der Waals surface area contributed by atoms with Crippen LogP contribution in [0.25, 0.3) is 0 Å². The van der Waals surface area contributed by atoms with Crippen LogP contribution in [0.5, 0.6) is 5.75 Å². The molecule has 0 aromatic heterocycles. The van der Waals surface area contributed by atoms with E-state index in [9.17, 15) is 5.11 Å². The third-order valence-corrected chi connectivity index (χ3v) is 4.38. The average molecular weight is 249 g/mol. The molecule has 0 fully saturated rings. The number of benzene rings is 1. The summed E-state index contributed by atoms with van der Waals surface area (Å²) < 4.78 is 5.79. The van der Waals surface area contributed by atoms with Crippen LogP contribution < -0.4 is 10.5 Å². The topological polar surface area (TPSA) is 55.5 Å². The largest absolute Gasteiger partial charge is 0.493 e. The Bertz CT molecular complexity index is 407. The van der Waals surface area contributed by atoms with Gasteiger partial charge < -0.3 is 15.6 Å². The third kappa shape index (κ3) is 1.91. The van der Waals surface area contributed by atoms with Crippen LogP contribution in [0.15, 0.2) is 24.3 Å². The Kier molecular flexibility index (Phi) is 3.93. The van der Waals surface area contributed by atoms with Crippen molar-refractivity contribution in [2.45, 2.75) is 38.1 Å². The summed E-state index contributed by atoms with van der Waals surface area (Å²) in [5.41, 5.74) is 7.40. The SMILES string of the molecule is CCC(N)C1(CCO)c2ccccc2OCC1C. The van der Waals surface area contributed by atoms with Crippen molar-refractivity contribution >= 4 is 0 Å². The van der Waals surface area contributed by atoms with Gasteiger partial charge in [-0.15, -0.1) is 0 Å². The molecule has 0 spiro atoms. The van der Waals surface area contributed by atoms with E-state index in [0.29, 0.717) is 18.9 Å². The van der Waals surface area contributed by atoms with Gasteiger partial charge in [0.2, 0.25) is 0 Å². The van der Waals surface area contributed by atoms with E-state index in [2.05, 4.69) is 19.9 Å². The van der Waals surface area contributed by atoms with Crippen molar-refractivity contribution in [3.05, 3.63) is 29.8 Å². The molecule has 3 nitrogen and oxygen atoms in total. The zero-order valence-electron chi connectivity index (χ0n) is 11.2. The molecule has 18 heavy (non-hydrogen) atoms. The molecule has 3 N–H and O–H groups in total. The van der Waals surface area contributed by atoms with E-state index in [0.717, 1.165) is 17.7 Å². The molecule has 0 saturated heterocycles. The van der Waals surface area contributed by atoms with Crippen LogP contribution in [0.1, 0.15) is 32.3 Å². The molecule has 100 valence electrons. The van der Waals surface area contributed by atoms with E-state index in [1.54, 1.807) is 0 Å². The van der Waals surface area contributed by atoms with E-state index in [4.69, 9.17) is 10.5 Å².